The molecule has 0 aliphatic rings. The van der Waals surface area contributed by atoms with Gasteiger partial charge in [-0.1, -0.05) is 60.7 Å². The van der Waals surface area contributed by atoms with Crippen LogP contribution in [0.4, 0.5) is 4.79 Å². The molecule has 0 fully saturated rings. The molecule has 3 N–H and O–H groups in total. The van der Waals surface area contributed by atoms with E-state index in [9.17, 15) is 24.3 Å². The van der Waals surface area contributed by atoms with Crippen LogP contribution in [0.3, 0.4) is 0 Å². The topological polar surface area (TPSA) is 131 Å². The van der Waals surface area contributed by atoms with Crippen LogP contribution in [0.25, 0.3) is 0 Å². The molecular weight excluding hydrogens is 416 g/mol. The lowest BCUT2D eigenvalue weighted by molar-refractivity contribution is -0.144. The van der Waals surface area contributed by atoms with Crippen LogP contribution in [0.5, 0.6) is 0 Å². The summed E-state index contributed by atoms with van der Waals surface area (Å²) < 4.78 is 9.69. The largest absolute Gasteiger partial charge is 0.480 e. The summed E-state index contributed by atoms with van der Waals surface area (Å²) in [5.41, 5.74) is 1.54. The van der Waals surface area contributed by atoms with Gasteiger partial charge in [-0.05, 0) is 17.5 Å². The van der Waals surface area contributed by atoms with Crippen LogP contribution in [-0.2, 0) is 36.9 Å². The number of benzene rings is 2. The van der Waals surface area contributed by atoms with E-state index < -0.39 is 36.0 Å². The molecule has 2 rings (SSSR count). The van der Waals surface area contributed by atoms with Crippen molar-refractivity contribution in [2.24, 2.45) is 0 Å². The maximum atomic E-state index is 12.8. The number of methoxy groups -OCH3 is 1. The molecule has 0 heterocycles. The highest BCUT2D eigenvalue weighted by Gasteiger charge is 2.27. The Morgan fingerprint density at radius 1 is 0.875 bits per heavy atom. The minimum atomic E-state index is -1.32. The third kappa shape index (κ3) is 8.47. The molecule has 0 aliphatic carbocycles. The maximum absolute atomic E-state index is 12.8. The van der Waals surface area contributed by atoms with E-state index >= 15 is 0 Å². The summed E-state index contributed by atoms with van der Waals surface area (Å²) in [5, 5.41) is 14.3. The van der Waals surface area contributed by atoms with E-state index in [4.69, 9.17) is 4.74 Å². The second-order valence-electron chi connectivity index (χ2n) is 6.96. The Balaban J connectivity index is 2.05. The van der Waals surface area contributed by atoms with E-state index in [1.54, 1.807) is 36.4 Å². The van der Waals surface area contributed by atoms with Crippen LogP contribution in [-0.4, -0.2) is 48.2 Å². The first-order chi connectivity index (χ1) is 15.4. The van der Waals surface area contributed by atoms with Gasteiger partial charge in [0.25, 0.3) is 0 Å². The van der Waals surface area contributed by atoms with Crippen molar-refractivity contribution in [3.05, 3.63) is 71.8 Å². The predicted molar refractivity (Wildman–Crippen MR) is 115 cm³/mol. The Kier molecular flexibility index (Phi) is 9.70. The number of nitrogens with one attached hydrogen (secondary N) is 2. The Labute approximate surface area is 185 Å². The summed E-state index contributed by atoms with van der Waals surface area (Å²) in [6.07, 6.45) is -1.02. The predicted octanol–water partition coefficient (Wildman–Crippen LogP) is 2.05. The quantitative estimate of drug-likeness (QED) is 0.454. The normalized spacial score (nSPS) is 12.2. The van der Waals surface area contributed by atoms with E-state index in [0.717, 1.165) is 11.1 Å². The molecule has 0 aliphatic heterocycles. The third-order valence-corrected chi connectivity index (χ3v) is 4.58. The zero-order valence-corrected chi connectivity index (χ0v) is 17.7. The van der Waals surface area contributed by atoms with Gasteiger partial charge in [0.2, 0.25) is 5.91 Å². The summed E-state index contributed by atoms with van der Waals surface area (Å²) >= 11 is 0. The van der Waals surface area contributed by atoms with Gasteiger partial charge in [0.15, 0.2) is 0 Å². The van der Waals surface area contributed by atoms with Crippen LogP contribution >= 0.6 is 0 Å². The zero-order chi connectivity index (χ0) is 23.3. The Hall–Kier alpha value is -3.88. The van der Waals surface area contributed by atoms with E-state index in [1.165, 1.54) is 7.11 Å². The molecule has 2 aromatic rings. The minimum absolute atomic E-state index is 0.0171. The molecule has 0 bridgehead atoms. The number of carboxylic acids is 1. The molecule has 170 valence electrons. The van der Waals surface area contributed by atoms with Crippen molar-refractivity contribution in [3.63, 3.8) is 0 Å². The van der Waals surface area contributed by atoms with Crippen molar-refractivity contribution in [1.82, 2.24) is 10.6 Å². The van der Waals surface area contributed by atoms with Gasteiger partial charge in [-0.25, -0.2) is 9.59 Å². The summed E-state index contributed by atoms with van der Waals surface area (Å²) in [6, 6.07) is 15.6. The maximum Gasteiger partial charge on any atom is 0.408 e. The molecule has 2 atom stereocenters. The lowest BCUT2D eigenvalue weighted by atomic mass is 10.0. The summed E-state index contributed by atoms with van der Waals surface area (Å²) in [7, 11) is 1.19. The number of carbonyl (C=O) groups is 4. The fourth-order valence-electron chi connectivity index (χ4n) is 2.86. The van der Waals surface area contributed by atoms with Crippen molar-refractivity contribution < 1.29 is 33.8 Å². The number of hydrogen-bond donors (Lipinski definition) is 3. The molecule has 9 heteroatoms. The SMILES string of the molecule is COC(=O)CC[C@H](NC(=O)[C@H](Cc1ccccc1)NC(=O)OCc1ccccc1)C(=O)O. The molecule has 0 spiro atoms. The fourth-order valence-corrected chi connectivity index (χ4v) is 2.86. The molecule has 32 heavy (non-hydrogen) atoms. The van der Waals surface area contributed by atoms with Gasteiger partial charge in [-0.15, -0.1) is 0 Å². The van der Waals surface area contributed by atoms with Crippen LogP contribution in [0.1, 0.15) is 24.0 Å². The van der Waals surface area contributed by atoms with Crippen LogP contribution in [0.15, 0.2) is 60.7 Å². The lowest BCUT2D eigenvalue weighted by Crippen LogP contribution is -2.52. The van der Waals surface area contributed by atoms with Crippen molar-refractivity contribution in [1.29, 1.82) is 0 Å². The highest BCUT2D eigenvalue weighted by Crippen LogP contribution is 2.07. The van der Waals surface area contributed by atoms with Gasteiger partial charge in [0.05, 0.1) is 7.11 Å². The number of esters is 1. The summed E-state index contributed by atoms with van der Waals surface area (Å²) in [4.78, 5) is 48.0. The number of aliphatic carboxylic acids is 1. The monoisotopic (exact) mass is 442 g/mol. The molecule has 9 nitrogen and oxygen atoms in total. The average Bonchev–Trinajstić information content (AvgIpc) is 2.80. The average molecular weight is 442 g/mol. The Bertz CT molecular complexity index is 903. The molecule has 0 saturated heterocycles. The zero-order valence-electron chi connectivity index (χ0n) is 17.7. The number of hydrogen-bond acceptors (Lipinski definition) is 6. The van der Waals surface area contributed by atoms with Crippen molar-refractivity contribution in [3.8, 4) is 0 Å². The number of ether oxygens (including phenoxy) is 2. The molecule has 2 amide bonds. The van der Waals surface area contributed by atoms with E-state index in [2.05, 4.69) is 15.4 Å². The van der Waals surface area contributed by atoms with Crippen molar-refractivity contribution in [2.75, 3.05) is 7.11 Å². The smallest absolute Gasteiger partial charge is 0.408 e. The fraction of sp³-hybridized carbons (Fsp3) is 0.304. The number of carboxylic acid groups (broad SMARTS) is 1. The van der Waals surface area contributed by atoms with Gasteiger partial charge in [0, 0.05) is 12.8 Å². The molecule has 0 saturated carbocycles. The number of amides is 2. The lowest BCUT2D eigenvalue weighted by Gasteiger charge is -2.21. The minimum Gasteiger partial charge on any atom is -0.480 e. The van der Waals surface area contributed by atoms with Crippen molar-refractivity contribution >= 4 is 23.9 Å². The van der Waals surface area contributed by atoms with Gasteiger partial charge < -0.3 is 25.2 Å². The van der Waals surface area contributed by atoms with Crippen LogP contribution in [0.2, 0.25) is 0 Å². The van der Waals surface area contributed by atoms with Gasteiger partial charge in [-0.3, -0.25) is 9.59 Å². The third-order valence-electron chi connectivity index (χ3n) is 4.58. The molecular formula is C23H26N2O7. The second kappa shape index (κ2) is 12.7. The van der Waals surface area contributed by atoms with Crippen LogP contribution in [0, 0.1) is 0 Å². The number of carbonyl (C=O) groups excluding carboxylic acids is 3. The highest BCUT2D eigenvalue weighted by atomic mass is 16.5. The first-order valence-electron chi connectivity index (χ1n) is 10.00. The summed E-state index contributed by atoms with van der Waals surface area (Å²) in [6.45, 7) is 0.0171. The van der Waals surface area contributed by atoms with Gasteiger partial charge >= 0.3 is 18.0 Å². The van der Waals surface area contributed by atoms with E-state index in [-0.39, 0.29) is 25.9 Å². The van der Waals surface area contributed by atoms with E-state index in [1.807, 2.05) is 24.3 Å². The standard InChI is InChI=1S/C23H26N2O7/c1-31-20(26)13-12-18(22(28)29)24-21(27)19(14-16-8-4-2-5-9-16)25-23(30)32-15-17-10-6-3-7-11-17/h2-11,18-19H,12-15H2,1H3,(H,24,27)(H,25,30)(H,28,29)/t18-,19-/m0/s1. The Morgan fingerprint density at radius 3 is 2.03 bits per heavy atom. The van der Waals surface area contributed by atoms with Crippen molar-refractivity contribution in [2.45, 2.75) is 38.0 Å². The first kappa shape index (κ1) is 24.4. The van der Waals surface area contributed by atoms with Gasteiger partial charge in [-0.2, -0.15) is 0 Å². The molecule has 0 unspecified atom stereocenters. The van der Waals surface area contributed by atoms with Gasteiger partial charge in [0.1, 0.15) is 18.7 Å². The first-order valence-corrected chi connectivity index (χ1v) is 10.00. The number of alkyl carbamates (subject to hydrolysis) is 1. The summed E-state index contributed by atoms with van der Waals surface area (Å²) in [5.74, 6) is -2.59. The number of rotatable bonds is 11. The Morgan fingerprint density at radius 2 is 1.47 bits per heavy atom. The second-order valence-corrected chi connectivity index (χ2v) is 6.96. The van der Waals surface area contributed by atoms with E-state index in [0.29, 0.717) is 0 Å². The van der Waals surface area contributed by atoms with Crippen LogP contribution < -0.4 is 10.6 Å². The molecule has 2 aromatic carbocycles. The highest BCUT2D eigenvalue weighted by molar-refractivity contribution is 5.89. The molecule has 0 aromatic heterocycles. The molecule has 0 radical (unpaired) electrons.